The minimum absolute atomic E-state index is 0.675. The zero-order chi connectivity index (χ0) is 9.99. The van der Waals surface area contributed by atoms with E-state index in [0.717, 1.165) is 0 Å². The third-order valence-electron chi connectivity index (χ3n) is 0.628. The van der Waals surface area contributed by atoms with E-state index in [9.17, 15) is 26.4 Å². The van der Waals surface area contributed by atoms with Gasteiger partial charge in [-0.3, -0.25) is 0 Å². The summed E-state index contributed by atoms with van der Waals surface area (Å²) in [5, 5.41) is 0. The zero-order valence-corrected chi connectivity index (χ0v) is 6.40. The fourth-order valence-electron chi connectivity index (χ4n) is 0.171. The summed E-state index contributed by atoms with van der Waals surface area (Å²) in [6, 6.07) is 0. The summed E-state index contributed by atoms with van der Waals surface area (Å²) in [7, 11) is -5.21. The van der Waals surface area contributed by atoms with Gasteiger partial charge in [-0.15, -0.1) is 0 Å². The van der Waals surface area contributed by atoms with Crippen molar-refractivity contribution < 1.29 is 35.3 Å². The van der Waals surface area contributed by atoms with E-state index >= 15 is 0 Å². The molecule has 72 valence electrons. The number of alkyl halides is 3. The molecule has 12 heavy (non-hydrogen) atoms. The summed E-state index contributed by atoms with van der Waals surface area (Å²) in [5.74, 6) is 0. The number of hydrogen-bond donors (Lipinski definition) is 0. The van der Waals surface area contributed by atoms with Crippen LogP contribution in [0.2, 0.25) is 0 Å². The van der Waals surface area contributed by atoms with Gasteiger partial charge in [-0.25, -0.2) is 4.79 Å². The van der Waals surface area contributed by atoms with Crippen LogP contribution in [0.25, 0.3) is 0 Å². The van der Waals surface area contributed by atoms with Crippen LogP contribution >= 0.6 is 0 Å². The maximum absolute atomic E-state index is 11.4. The van der Waals surface area contributed by atoms with Crippen molar-refractivity contribution in [3.63, 3.8) is 0 Å². The summed E-state index contributed by atoms with van der Waals surface area (Å²) < 4.78 is 60.7. The van der Waals surface area contributed by atoms with Crippen molar-refractivity contribution in [3.8, 4) is 0 Å². The van der Waals surface area contributed by atoms with Crippen LogP contribution in [0.5, 0.6) is 0 Å². The molecule has 0 saturated heterocycles. The van der Waals surface area contributed by atoms with Crippen LogP contribution in [-0.2, 0) is 19.0 Å². The predicted octanol–water partition coefficient (Wildman–Crippen LogP) is 0.619. The van der Waals surface area contributed by atoms with Gasteiger partial charge in [0, 0.05) is 0 Å². The Morgan fingerprint density at radius 1 is 1.33 bits per heavy atom. The Kier molecular flexibility index (Phi) is 2.91. The zero-order valence-electron chi connectivity index (χ0n) is 5.58. The second kappa shape index (κ2) is 3.17. The van der Waals surface area contributed by atoms with Crippen LogP contribution in [0.1, 0.15) is 0 Å². The summed E-state index contributed by atoms with van der Waals surface area (Å²) in [5.41, 5.74) is -5.62. The van der Waals surface area contributed by atoms with E-state index in [2.05, 4.69) is 8.92 Å². The van der Waals surface area contributed by atoms with Crippen molar-refractivity contribution in [2.24, 2.45) is 0 Å². The molecule has 0 atom stereocenters. The average Bonchev–Trinajstić information content (AvgIpc) is 1.84. The molecule has 0 amide bonds. The van der Waals surface area contributed by atoms with Gasteiger partial charge in [0.15, 0.2) is 0 Å². The molecule has 0 fully saturated rings. The number of methoxy groups -OCH3 is 1. The van der Waals surface area contributed by atoms with Gasteiger partial charge >= 0.3 is 21.8 Å². The molecule has 0 N–H and O–H groups in total. The van der Waals surface area contributed by atoms with Crippen molar-refractivity contribution in [2.45, 2.75) is 5.51 Å². The highest BCUT2D eigenvalue weighted by atomic mass is 32.2. The molecule has 0 aromatic carbocycles. The van der Waals surface area contributed by atoms with Crippen LogP contribution in [-0.4, -0.2) is 27.2 Å². The first-order chi connectivity index (χ1) is 5.20. The Labute approximate surface area is 65.2 Å². The van der Waals surface area contributed by atoms with Crippen molar-refractivity contribution in [2.75, 3.05) is 7.11 Å². The Hall–Kier alpha value is -0.990. The van der Waals surface area contributed by atoms with E-state index in [-0.39, 0.29) is 0 Å². The van der Waals surface area contributed by atoms with E-state index in [1.54, 1.807) is 0 Å². The van der Waals surface area contributed by atoms with E-state index in [0.29, 0.717) is 7.11 Å². The van der Waals surface area contributed by atoms with Crippen LogP contribution < -0.4 is 0 Å². The summed E-state index contributed by atoms with van der Waals surface area (Å²) in [6.07, 6.45) is -1.94. The average molecular weight is 208 g/mol. The van der Waals surface area contributed by atoms with Gasteiger partial charge in [-0.1, -0.05) is 0 Å². The Balaban J connectivity index is 4.58. The van der Waals surface area contributed by atoms with E-state index in [1.807, 2.05) is 0 Å². The fourth-order valence-corrected chi connectivity index (χ4v) is 0.513. The van der Waals surface area contributed by atoms with Crippen molar-refractivity contribution in [1.29, 1.82) is 0 Å². The molecule has 0 bridgehead atoms. The van der Waals surface area contributed by atoms with Crippen LogP contribution in [0, 0.1) is 0 Å². The maximum atomic E-state index is 11.4. The number of carbonyl (C=O) groups excluding carboxylic acids is 1. The highest BCUT2D eigenvalue weighted by Crippen LogP contribution is 2.24. The van der Waals surface area contributed by atoms with Gasteiger partial charge in [0.05, 0.1) is 7.11 Å². The van der Waals surface area contributed by atoms with Gasteiger partial charge in [-0.2, -0.15) is 21.6 Å². The number of carbonyl (C=O) groups is 1. The van der Waals surface area contributed by atoms with E-state index < -0.39 is 21.8 Å². The van der Waals surface area contributed by atoms with E-state index in [1.165, 1.54) is 0 Å². The molecule has 0 unspecified atom stereocenters. The molecular formula is C3H3F3O5S. The Bertz CT molecular complexity index is 264. The molecule has 9 heteroatoms. The quantitative estimate of drug-likeness (QED) is 0.359. The lowest BCUT2D eigenvalue weighted by atomic mass is 11.4. The second-order valence-corrected chi connectivity index (χ2v) is 2.98. The first-order valence-electron chi connectivity index (χ1n) is 2.29. The molecule has 0 heterocycles. The molecule has 0 rings (SSSR count). The van der Waals surface area contributed by atoms with Gasteiger partial charge < -0.3 is 8.92 Å². The summed E-state index contributed by atoms with van der Waals surface area (Å²) >= 11 is 0. The van der Waals surface area contributed by atoms with Crippen LogP contribution in [0.4, 0.5) is 18.0 Å². The molecule has 0 spiro atoms. The standard InChI is InChI=1S/C3H3F3O5S/c1-10-2(7)11-12(8,9)3(4,5)6/h1H3. The SMILES string of the molecule is COC(=O)OS(=O)(=O)C(F)(F)F. The smallest absolute Gasteiger partial charge is 0.437 e. The second-order valence-electron chi connectivity index (χ2n) is 1.44. The lowest BCUT2D eigenvalue weighted by molar-refractivity contribution is -0.0532. The molecule has 0 aromatic heterocycles. The first-order valence-corrected chi connectivity index (χ1v) is 3.70. The fraction of sp³-hybridized carbons (Fsp3) is 0.667. The first kappa shape index (κ1) is 11.0. The van der Waals surface area contributed by atoms with Gasteiger partial charge in [0.1, 0.15) is 0 Å². The maximum Gasteiger partial charge on any atom is 0.534 e. The molecule has 0 aromatic rings. The number of hydrogen-bond acceptors (Lipinski definition) is 5. The van der Waals surface area contributed by atoms with Gasteiger partial charge in [0.2, 0.25) is 0 Å². The monoisotopic (exact) mass is 208 g/mol. The molecular weight excluding hydrogens is 205 g/mol. The van der Waals surface area contributed by atoms with Crippen molar-refractivity contribution in [3.05, 3.63) is 0 Å². The highest BCUT2D eigenvalue weighted by molar-refractivity contribution is 7.88. The highest BCUT2D eigenvalue weighted by Gasteiger charge is 2.49. The number of rotatable bonds is 1. The van der Waals surface area contributed by atoms with E-state index in [4.69, 9.17) is 0 Å². The Morgan fingerprint density at radius 2 is 1.75 bits per heavy atom. The molecule has 0 aliphatic heterocycles. The summed E-state index contributed by atoms with van der Waals surface area (Å²) in [4.78, 5) is 9.95. The number of ether oxygens (including phenoxy) is 1. The summed E-state index contributed by atoms with van der Waals surface area (Å²) in [6.45, 7) is 0. The molecule has 0 aliphatic carbocycles. The van der Waals surface area contributed by atoms with Gasteiger partial charge in [0.25, 0.3) is 0 Å². The lowest BCUT2D eigenvalue weighted by Gasteiger charge is -2.05. The largest absolute Gasteiger partial charge is 0.534 e. The molecule has 0 saturated carbocycles. The van der Waals surface area contributed by atoms with Crippen LogP contribution in [0.3, 0.4) is 0 Å². The van der Waals surface area contributed by atoms with Crippen LogP contribution in [0.15, 0.2) is 0 Å². The van der Waals surface area contributed by atoms with Crippen molar-refractivity contribution >= 4 is 16.3 Å². The molecule has 5 nitrogen and oxygen atoms in total. The molecule has 0 radical (unpaired) electrons. The topological polar surface area (TPSA) is 69.7 Å². The number of halogens is 3. The Morgan fingerprint density at radius 3 is 2.00 bits per heavy atom. The normalized spacial score (nSPS) is 12.3. The van der Waals surface area contributed by atoms with Crippen molar-refractivity contribution in [1.82, 2.24) is 0 Å². The lowest BCUT2D eigenvalue weighted by Crippen LogP contribution is -2.27. The minimum Gasteiger partial charge on any atom is -0.437 e. The third kappa shape index (κ3) is 2.57. The third-order valence-corrected chi connectivity index (χ3v) is 1.55. The van der Waals surface area contributed by atoms with Gasteiger partial charge in [-0.05, 0) is 0 Å². The minimum atomic E-state index is -5.88. The molecule has 0 aliphatic rings. The predicted molar refractivity (Wildman–Crippen MR) is 28.5 cm³/mol.